The Bertz CT molecular complexity index is 1010. The highest BCUT2D eigenvalue weighted by molar-refractivity contribution is 6.03. The number of ether oxygens (including phenoxy) is 1. The summed E-state index contributed by atoms with van der Waals surface area (Å²) in [4.78, 5) is 19.0. The summed E-state index contributed by atoms with van der Waals surface area (Å²) < 4.78 is 34.3. The van der Waals surface area contributed by atoms with Crippen molar-refractivity contribution in [3.63, 3.8) is 0 Å². The smallest absolute Gasteiger partial charge is 0.277 e. The van der Waals surface area contributed by atoms with Gasteiger partial charge in [-0.3, -0.25) is 4.79 Å². The number of anilines is 2. The number of para-hydroxylation sites is 1. The molecule has 29 heavy (non-hydrogen) atoms. The zero-order valence-corrected chi connectivity index (χ0v) is 15.7. The number of amides is 1. The zero-order chi connectivity index (χ0) is 20.4. The van der Waals surface area contributed by atoms with Gasteiger partial charge in [0.2, 0.25) is 0 Å². The van der Waals surface area contributed by atoms with E-state index in [2.05, 4.69) is 20.3 Å². The molecule has 1 N–H and O–H groups in total. The van der Waals surface area contributed by atoms with Gasteiger partial charge in [0, 0.05) is 24.8 Å². The molecule has 2 aromatic heterocycles. The van der Waals surface area contributed by atoms with E-state index in [1.54, 1.807) is 19.2 Å². The fourth-order valence-electron chi connectivity index (χ4n) is 3.15. The van der Waals surface area contributed by atoms with Crippen LogP contribution in [0.25, 0.3) is 5.69 Å². The quantitative estimate of drug-likeness (QED) is 0.730. The fraction of sp³-hybridized carbons (Fsp3) is 0.250. The number of carbonyl (C=O) groups excluding carboxylic acids is 1. The van der Waals surface area contributed by atoms with E-state index < -0.39 is 17.5 Å². The first-order chi connectivity index (χ1) is 14.0. The van der Waals surface area contributed by atoms with Crippen LogP contribution in [0.15, 0.2) is 42.7 Å². The zero-order valence-electron chi connectivity index (χ0n) is 15.7. The van der Waals surface area contributed by atoms with Crippen LogP contribution in [0.1, 0.15) is 16.1 Å². The first kappa shape index (κ1) is 19.0. The van der Waals surface area contributed by atoms with Crippen LogP contribution in [-0.2, 0) is 4.74 Å². The van der Waals surface area contributed by atoms with E-state index in [1.165, 1.54) is 12.3 Å². The normalized spacial score (nSPS) is 14.1. The van der Waals surface area contributed by atoms with Crippen molar-refractivity contribution in [3.05, 3.63) is 65.6 Å². The molecule has 1 fully saturated rings. The Morgan fingerprint density at radius 3 is 2.52 bits per heavy atom. The third kappa shape index (κ3) is 3.95. The predicted molar refractivity (Wildman–Crippen MR) is 103 cm³/mol. The highest BCUT2D eigenvalue weighted by Crippen LogP contribution is 2.20. The average molecular weight is 399 g/mol. The third-order valence-corrected chi connectivity index (χ3v) is 4.64. The van der Waals surface area contributed by atoms with Crippen molar-refractivity contribution < 1.29 is 18.3 Å². The van der Waals surface area contributed by atoms with E-state index >= 15 is 0 Å². The molecular weight excluding hydrogens is 380 g/mol. The second-order valence-corrected chi connectivity index (χ2v) is 6.63. The maximum Gasteiger partial charge on any atom is 0.277 e. The van der Waals surface area contributed by atoms with Crippen LogP contribution in [0, 0.1) is 18.6 Å². The van der Waals surface area contributed by atoms with E-state index in [0.29, 0.717) is 24.6 Å². The molecule has 3 heterocycles. The van der Waals surface area contributed by atoms with Crippen molar-refractivity contribution in [2.24, 2.45) is 0 Å². The van der Waals surface area contributed by atoms with Crippen molar-refractivity contribution in [1.82, 2.24) is 14.8 Å². The Balaban J connectivity index is 1.51. The summed E-state index contributed by atoms with van der Waals surface area (Å²) in [6.45, 7) is 4.56. The lowest BCUT2D eigenvalue weighted by Crippen LogP contribution is -2.36. The van der Waals surface area contributed by atoms with Crippen LogP contribution < -0.4 is 10.2 Å². The number of rotatable bonds is 4. The van der Waals surface area contributed by atoms with Crippen LogP contribution in [0.4, 0.5) is 20.3 Å². The van der Waals surface area contributed by atoms with E-state index in [9.17, 15) is 13.6 Å². The van der Waals surface area contributed by atoms with Gasteiger partial charge in [0.25, 0.3) is 5.91 Å². The Hall–Kier alpha value is -3.33. The van der Waals surface area contributed by atoms with Gasteiger partial charge in [-0.2, -0.15) is 5.10 Å². The van der Waals surface area contributed by atoms with Gasteiger partial charge in [-0.05, 0) is 31.2 Å². The summed E-state index contributed by atoms with van der Waals surface area (Å²) in [5, 5.41) is 6.73. The van der Waals surface area contributed by atoms with Gasteiger partial charge in [0.15, 0.2) is 17.3 Å². The molecule has 1 aromatic carbocycles. The van der Waals surface area contributed by atoms with Crippen molar-refractivity contribution in [2.75, 3.05) is 36.5 Å². The van der Waals surface area contributed by atoms with Gasteiger partial charge in [0.1, 0.15) is 11.5 Å². The Morgan fingerprint density at radius 1 is 1.14 bits per heavy atom. The molecule has 1 aliphatic rings. The highest BCUT2D eigenvalue weighted by Gasteiger charge is 2.19. The molecule has 1 saturated heterocycles. The largest absolute Gasteiger partial charge is 0.378 e. The molecule has 3 aromatic rings. The number of morpholine rings is 1. The topological polar surface area (TPSA) is 72.3 Å². The van der Waals surface area contributed by atoms with Crippen LogP contribution in [-0.4, -0.2) is 47.0 Å². The molecule has 1 amide bonds. The minimum absolute atomic E-state index is 0.0618. The molecule has 0 bridgehead atoms. The van der Waals surface area contributed by atoms with Gasteiger partial charge in [-0.15, -0.1) is 0 Å². The fourth-order valence-corrected chi connectivity index (χ4v) is 3.15. The Labute approximate surface area is 165 Å². The van der Waals surface area contributed by atoms with Crippen LogP contribution in [0.3, 0.4) is 0 Å². The molecule has 1 aliphatic heterocycles. The molecule has 0 aliphatic carbocycles. The Kier molecular flexibility index (Phi) is 5.22. The van der Waals surface area contributed by atoms with Crippen molar-refractivity contribution in [1.29, 1.82) is 0 Å². The molecular formula is C20H19F2N5O2. The summed E-state index contributed by atoms with van der Waals surface area (Å²) in [7, 11) is 0. The van der Waals surface area contributed by atoms with Crippen molar-refractivity contribution in [2.45, 2.75) is 6.92 Å². The van der Waals surface area contributed by atoms with Gasteiger partial charge in [-0.1, -0.05) is 6.07 Å². The Morgan fingerprint density at radius 2 is 1.86 bits per heavy atom. The van der Waals surface area contributed by atoms with Crippen LogP contribution in [0.5, 0.6) is 0 Å². The van der Waals surface area contributed by atoms with E-state index in [4.69, 9.17) is 4.74 Å². The number of aryl methyl sites for hydroxylation is 1. The second kappa shape index (κ2) is 7.96. The first-order valence-corrected chi connectivity index (χ1v) is 9.13. The van der Waals surface area contributed by atoms with E-state index in [-0.39, 0.29) is 11.4 Å². The monoisotopic (exact) mass is 399 g/mol. The second-order valence-electron chi connectivity index (χ2n) is 6.63. The molecule has 150 valence electrons. The molecule has 0 unspecified atom stereocenters. The number of halogens is 2. The van der Waals surface area contributed by atoms with E-state index in [1.807, 2.05) is 6.07 Å². The van der Waals surface area contributed by atoms with Crippen molar-refractivity contribution in [3.8, 4) is 5.69 Å². The maximum absolute atomic E-state index is 14.0. The first-order valence-electron chi connectivity index (χ1n) is 9.13. The lowest BCUT2D eigenvalue weighted by atomic mass is 10.2. The number of nitrogens with zero attached hydrogens (tertiary/aromatic N) is 4. The lowest BCUT2D eigenvalue weighted by molar-refractivity contribution is 0.102. The molecule has 9 heteroatoms. The molecule has 0 radical (unpaired) electrons. The van der Waals surface area contributed by atoms with Gasteiger partial charge in [0.05, 0.1) is 25.1 Å². The summed E-state index contributed by atoms with van der Waals surface area (Å²) in [6, 6.07) is 7.11. The third-order valence-electron chi connectivity index (χ3n) is 4.64. The summed E-state index contributed by atoms with van der Waals surface area (Å²) >= 11 is 0. The SMILES string of the molecule is Cc1cn(-c2c(F)cccc2F)nc1C(=O)Nc1ccc(N2CCOCC2)cn1. The van der Waals surface area contributed by atoms with Crippen molar-refractivity contribution >= 4 is 17.4 Å². The van der Waals surface area contributed by atoms with Crippen LogP contribution >= 0.6 is 0 Å². The number of hydrogen-bond donors (Lipinski definition) is 1. The minimum Gasteiger partial charge on any atom is -0.378 e. The molecule has 0 atom stereocenters. The number of benzene rings is 1. The summed E-state index contributed by atoms with van der Waals surface area (Å²) in [6.07, 6.45) is 3.09. The molecule has 7 nitrogen and oxygen atoms in total. The summed E-state index contributed by atoms with van der Waals surface area (Å²) in [5.41, 5.74) is 1.16. The minimum atomic E-state index is -0.764. The van der Waals surface area contributed by atoms with E-state index in [0.717, 1.165) is 35.6 Å². The van der Waals surface area contributed by atoms with Gasteiger partial charge in [-0.25, -0.2) is 18.4 Å². The number of nitrogens with one attached hydrogen (secondary N) is 1. The molecule has 4 rings (SSSR count). The maximum atomic E-state index is 14.0. The number of aromatic nitrogens is 3. The molecule has 0 spiro atoms. The predicted octanol–water partition coefficient (Wildman–Crippen LogP) is 2.94. The number of pyridine rings is 1. The summed E-state index contributed by atoms with van der Waals surface area (Å²) in [5.74, 6) is -1.68. The molecule has 0 saturated carbocycles. The highest BCUT2D eigenvalue weighted by atomic mass is 19.1. The van der Waals surface area contributed by atoms with Gasteiger partial charge < -0.3 is 15.0 Å². The standard InChI is InChI=1S/C20H19F2N5O2/c1-13-12-27(19-15(21)3-2-4-16(19)22)25-18(13)20(28)24-17-6-5-14(11-23-17)26-7-9-29-10-8-26/h2-6,11-12H,7-10H2,1H3,(H,23,24,28). The lowest BCUT2D eigenvalue weighted by Gasteiger charge is -2.28. The number of carbonyl (C=O) groups is 1. The van der Waals surface area contributed by atoms with Gasteiger partial charge >= 0.3 is 0 Å². The van der Waals surface area contributed by atoms with Crippen LogP contribution in [0.2, 0.25) is 0 Å². The average Bonchev–Trinajstić information content (AvgIpc) is 3.10. The number of hydrogen-bond acceptors (Lipinski definition) is 5.